The van der Waals surface area contributed by atoms with Crippen molar-refractivity contribution in [2.24, 2.45) is 0 Å². The summed E-state index contributed by atoms with van der Waals surface area (Å²) in [5, 5.41) is 0. The number of sulfonamides is 1. The van der Waals surface area contributed by atoms with Crippen LogP contribution in [0.4, 0.5) is 15.8 Å². The number of anilines is 2. The van der Waals surface area contributed by atoms with Gasteiger partial charge in [-0.1, -0.05) is 6.07 Å². The average Bonchev–Trinajstić information content (AvgIpc) is 3.32. The normalized spacial score (nSPS) is 13.4. The predicted molar refractivity (Wildman–Crippen MR) is 102 cm³/mol. The van der Waals surface area contributed by atoms with Crippen molar-refractivity contribution in [3.05, 3.63) is 77.5 Å². The van der Waals surface area contributed by atoms with Gasteiger partial charge in [0.1, 0.15) is 5.82 Å². The molecule has 1 amide bonds. The molecule has 0 bridgehead atoms. The number of nitrogens with zero attached hydrogens (tertiary/aromatic N) is 1. The van der Waals surface area contributed by atoms with E-state index in [2.05, 4.69) is 4.72 Å². The molecule has 0 unspecified atom stereocenters. The monoisotopic (exact) mass is 400 g/mol. The molecule has 1 aliphatic heterocycles. The fourth-order valence-electron chi connectivity index (χ4n) is 3.19. The second kappa shape index (κ2) is 6.79. The lowest BCUT2D eigenvalue weighted by atomic mass is 10.1. The molecule has 0 saturated carbocycles. The molecule has 0 saturated heterocycles. The third kappa shape index (κ3) is 3.27. The Morgan fingerprint density at radius 2 is 2.00 bits per heavy atom. The molecule has 1 N–H and O–H groups in total. The summed E-state index contributed by atoms with van der Waals surface area (Å²) < 4.78 is 46.4. The van der Waals surface area contributed by atoms with Crippen molar-refractivity contribution < 1.29 is 22.0 Å². The third-order valence-electron chi connectivity index (χ3n) is 4.65. The van der Waals surface area contributed by atoms with Gasteiger partial charge in [0.2, 0.25) is 0 Å². The molecule has 0 spiro atoms. The maximum Gasteiger partial charge on any atom is 0.293 e. The fourth-order valence-corrected chi connectivity index (χ4v) is 4.32. The van der Waals surface area contributed by atoms with Crippen LogP contribution in [0.25, 0.3) is 0 Å². The van der Waals surface area contributed by atoms with Gasteiger partial charge in [0.05, 0.1) is 16.8 Å². The van der Waals surface area contributed by atoms with Gasteiger partial charge >= 0.3 is 0 Å². The molecular weight excluding hydrogens is 383 g/mol. The highest BCUT2D eigenvalue weighted by molar-refractivity contribution is 7.92. The maximum absolute atomic E-state index is 13.4. The summed E-state index contributed by atoms with van der Waals surface area (Å²) in [6.45, 7) is 1.99. The van der Waals surface area contributed by atoms with Crippen LogP contribution >= 0.6 is 0 Å². The largest absolute Gasteiger partial charge is 0.459 e. The lowest BCUT2D eigenvalue weighted by Gasteiger charge is -2.17. The number of rotatable bonds is 4. The Kier molecular flexibility index (Phi) is 4.43. The SMILES string of the molecule is Cc1cc(S(=O)(=O)Nc2ccc3c(c2)N(C(=O)c2ccco2)CC3)ccc1F. The molecular formula is C20H17FN2O4S. The van der Waals surface area contributed by atoms with Gasteiger partial charge in [0.25, 0.3) is 15.9 Å². The number of furan rings is 1. The Labute approximate surface area is 161 Å². The zero-order valence-corrected chi connectivity index (χ0v) is 15.8. The molecule has 28 heavy (non-hydrogen) atoms. The van der Waals surface area contributed by atoms with Crippen LogP contribution in [0.2, 0.25) is 0 Å². The first-order chi connectivity index (χ1) is 13.3. The van der Waals surface area contributed by atoms with E-state index in [9.17, 15) is 17.6 Å². The van der Waals surface area contributed by atoms with Crippen molar-refractivity contribution >= 4 is 27.3 Å². The summed E-state index contributed by atoms with van der Waals surface area (Å²) in [4.78, 5) is 14.1. The summed E-state index contributed by atoms with van der Waals surface area (Å²) in [5.41, 5.74) is 2.14. The Balaban J connectivity index is 1.63. The van der Waals surface area contributed by atoms with Gasteiger partial charge in [-0.25, -0.2) is 12.8 Å². The predicted octanol–water partition coefficient (Wildman–Crippen LogP) is 3.73. The van der Waals surface area contributed by atoms with E-state index in [1.807, 2.05) is 0 Å². The second-order valence-electron chi connectivity index (χ2n) is 6.54. The van der Waals surface area contributed by atoms with Gasteiger partial charge in [-0.3, -0.25) is 9.52 Å². The number of halogens is 1. The van der Waals surface area contributed by atoms with Gasteiger partial charge in [-0.15, -0.1) is 0 Å². The summed E-state index contributed by atoms with van der Waals surface area (Å²) >= 11 is 0. The van der Waals surface area contributed by atoms with Crippen LogP contribution in [0.15, 0.2) is 64.1 Å². The molecule has 2 heterocycles. The minimum absolute atomic E-state index is 0.0320. The molecule has 6 nitrogen and oxygen atoms in total. The van der Waals surface area contributed by atoms with Crippen molar-refractivity contribution in [2.45, 2.75) is 18.2 Å². The Hall–Kier alpha value is -3.13. The second-order valence-corrected chi connectivity index (χ2v) is 8.23. The molecule has 3 aromatic rings. The first-order valence-corrected chi connectivity index (χ1v) is 10.1. The van der Waals surface area contributed by atoms with E-state index in [0.717, 1.165) is 11.6 Å². The van der Waals surface area contributed by atoms with E-state index in [4.69, 9.17) is 4.42 Å². The molecule has 8 heteroatoms. The van der Waals surface area contributed by atoms with E-state index < -0.39 is 15.8 Å². The summed E-state index contributed by atoms with van der Waals surface area (Å²) in [6, 6.07) is 11.9. The highest BCUT2D eigenvalue weighted by Crippen LogP contribution is 2.33. The topological polar surface area (TPSA) is 79.6 Å². The first-order valence-electron chi connectivity index (χ1n) is 8.62. The van der Waals surface area contributed by atoms with Gasteiger partial charge in [-0.2, -0.15) is 0 Å². The van der Waals surface area contributed by atoms with E-state index in [-0.39, 0.29) is 22.1 Å². The number of fused-ring (bicyclic) bond motifs is 1. The summed E-state index contributed by atoms with van der Waals surface area (Å²) in [7, 11) is -3.89. The summed E-state index contributed by atoms with van der Waals surface area (Å²) in [6.07, 6.45) is 2.10. The van der Waals surface area contributed by atoms with Crippen molar-refractivity contribution in [3.63, 3.8) is 0 Å². The van der Waals surface area contributed by atoms with E-state index in [1.165, 1.54) is 25.3 Å². The van der Waals surface area contributed by atoms with Crippen LogP contribution in [-0.4, -0.2) is 20.9 Å². The lowest BCUT2D eigenvalue weighted by molar-refractivity contribution is 0.0963. The molecule has 1 aliphatic rings. The van der Waals surface area contributed by atoms with Crippen LogP contribution < -0.4 is 9.62 Å². The minimum atomic E-state index is -3.89. The molecule has 0 atom stereocenters. The number of amides is 1. The van der Waals surface area contributed by atoms with Gasteiger partial charge in [0.15, 0.2) is 5.76 Å². The average molecular weight is 400 g/mol. The zero-order chi connectivity index (χ0) is 19.9. The van der Waals surface area contributed by atoms with Crippen LogP contribution in [0, 0.1) is 12.7 Å². The first kappa shape index (κ1) is 18.2. The van der Waals surface area contributed by atoms with E-state index >= 15 is 0 Å². The Bertz CT molecular complexity index is 1160. The van der Waals surface area contributed by atoms with Gasteiger partial charge < -0.3 is 9.32 Å². The van der Waals surface area contributed by atoms with Crippen molar-refractivity contribution in [1.29, 1.82) is 0 Å². The van der Waals surface area contributed by atoms with Gasteiger partial charge in [0, 0.05) is 12.2 Å². The van der Waals surface area contributed by atoms with Crippen molar-refractivity contribution in [3.8, 4) is 0 Å². The van der Waals surface area contributed by atoms with E-state index in [0.29, 0.717) is 24.3 Å². The molecule has 4 rings (SSSR count). The molecule has 0 aliphatic carbocycles. The molecule has 0 fully saturated rings. The lowest BCUT2D eigenvalue weighted by Crippen LogP contribution is -2.28. The van der Waals surface area contributed by atoms with Crippen molar-refractivity contribution in [1.82, 2.24) is 0 Å². The smallest absolute Gasteiger partial charge is 0.293 e. The van der Waals surface area contributed by atoms with Crippen molar-refractivity contribution in [2.75, 3.05) is 16.2 Å². The quantitative estimate of drug-likeness (QED) is 0.724. The van der Waals surface area contributed by atoms with Crippen LogP contribution in [0.5, 0.6) is 0 Å². The zero-order valence-electron chi connectivity index (χ0n) is 15.0. The standard InChI is InChI=1S/C20H17FN2O4S/c1-13-11-16(6-7-17(13)21)28(25,26)22-15-5-4-14-8-9-23(18(14)12-15)20(24)19-3-2-10-27-19/h2-7,10-12,22H,8-9H2,1H3. The fraction of sp³-hybridized carbons (Fsp3) is 0.150. The van der Waals surface area contributed by atoms with Crippen LogP contribution in [0.1, 0.15) is 21.7 Å². The molecule has 0 radical (unpaired) electrons. The third-order valence-corrected chi connectivity index (χ3v) is 6.03. The molecule has 1 aromatic heterocycles. The van der Waals surface area contributed by atoms with Crippen LogP contribution in [0.3, 0.4) is 0 Å². The Morgan fingerprint density at radius 1 is 1.18 bits per heavy atom. The number of aryl methyl sites for hydroxylation is 1. The van der Waals surface area contributed by atoms with Crippen LogP contribution in [-0.2, 0) is 16.4 Å². The minimum Gasteiger partial charge on any atom is -0.459 e. The van der Waals surface area contributed by atoms with Gasteiger partial charge in [-0.05, 0) is 66.9 Å². The number of carbonyl (C=O) groups is 1. The highest BCUT2D eigenvalue weighted by atomic mass is 32.2. The number of nitrogens with one attached hydrogen (secondary N) is 1. The number of carbonyl (C=O) groups excluding carboxylic acids is 1. The molecule has 2 aromatic carbocycles. The number of hydrogen-bond acceptors (Lipinski definition) is 4. The Morgan fingerprint density at radius 3 is 2.71 bits per heavy atom. The van der Waals surface area contributed by atoms with E-state index in [1.54, 1.807) is 35.2 Å². The maximum atomic E-state index is 13.4. The number of hydrogen-bond donors (Lipinski definition) is 1. The molecule has 144 valence electrons. The number of benzene rings is 2. The summed E-state index contributed by atoms with van der Waals surface area (Å²) in [5.74, 6) is -0.526. The highest BCUT2D eigenvalue weighted by Gasteiger charge is 2.28.